The highest BCUT2D eigenvalue weighted by Crippen LogP contribution is 2.38. The topological polar surface area (TPSA) is 102 Å². The van der Waals surface area contributed by atoms with Gasteiger partial charge in [0.05, 0.1) is 12.6 Å². The average molecular weight is 453 g/mol. The van der Waals surface area contributed by atoms with Crippen molar-refractivity contribution < 1.29 is 14.0 Å². The van der Waals surface area contributed by atoms with Gasteiger partial charge in [-0.25, -0.2) is 13.9 Å². The molecular weight excluding hydrogens is 415 g/mol. The summed E-state index contributed by atoms with van der Waals surface area (Å²) in [4.78, 5) is 29.2. The summed E-state index contributed by atoms with van der Waals surface area (Å²) < 4.78 is 17.2. The van der Waals surface area contributed by atoms with E-state index in [4.69, 9.17) is 4.84 Å². The fraction of sp³-hybridized carbons (Fsp3) is 0.864. The number of nitrogens with one attached hydrogen (secondary N) is 3. The molecule has 180 valence electrons. The van der Waals surface area contributed by atoms with E-state index in [1.54, 1.807) is 11.6 Å². The summed E-state index contributed by atoms with van der Waals surface area (Å²) >= 11 is 0. The van der Waals surface area contributed by atoms with Gasteiger partial charge >= 0.3 is 5.69 Å². The molecule has 1 aromatic heterocycles. The zero-order chi connectivity index (χ0) is 22.7. The quantitative estimate of drug-likeness (QED) is 0.623. The Kier molecular flexibility index (Phi) is 7.63. The number of hydroxylamine groups is 1. The van der Waals surface area contributed by atoms with Crippen LogP contribution in [0.1, 0.15) is 64.1 Å². The Balaban J connectivity index is 0.000000186. The van der Waals surface area contributed by atoms with Crippen molar-refractivity contribution in [3.8, 4) is 0 Å². The number of carbonyl (C=O) groups is 1. The fourth-order valence-corrected chi connectivity index (χ4v) is 5.41. The van der Waals surface area contributed by atoms with E-state index in [-0.39, 0.29) is 29.7 Å². The molecule has 0 bridgehead atoms. The lowest BCUT2D eigenvalue weighted by atomic mass is 9.75. The third kappa shape index (κ3) is 5.23. The second-order valence-electron chi connectivity index (χ2n) is 9.72. The van der Waals surface area contributed by atoms with Gasteiger partial charge in [0.2, 0.25) is 5.91 Å². The fourth-order valence-electron chi connectivity index (χ4n) is 5.41. The van der Waals surface area contributed by atoms with Crippen molar-refractivity contribution in [1.29, 1.82) is 0 Å². The van der Waals surface area contributed by atoms with Crippen LogP contribution in [0.2, 0.25) is 0 Å². The van der Waals surface area contributed by atoms with E-state index in [1.807, 2.05) is 0 Å². The second kappa shape index (κ2) is 10.4. The van der Waals surface area contributed by atoms with Gasteiger partial charge in [-0.05, 0) is 38.0 Å². The Morgan fingerprint density at radius 3 is 2.75 bits per heavy atom. The van der Waals surface area contributed by atoms with Gasteiger partial charge in [-0.2, -0.15) is 10.6 Å². The largest absolute Gasteiger partial charge is 0.352 e. The Bertz CT molecular complexity index is 836. The van der Waals surface area contributed by atoms with Crippen LogP contribution >= 0.6 is 0 Å². The van der Waals surface area contributed by atoms with Gasteiger partial charge in [0.15, 0.2) is 0 Å². The first-order valence-electron chi connectivity index (χ1n) is 12.1. The number of nitrogens with zero attached hydrogens (tertiary/aromatic N) is 3. The van der Waals surface area contributed by atoms with E-state index in [1.165, 1.54) is 23.9 Å². The summed E-state index contributed by atoms with van der Waals surface area (Å²) in [7, 11) is 1.67. The molecule has 10 heteroatoms. The molecule has 3 heterocycles. The van der Waals surface area contributed by atoms with Crippen LogP contribution in [-0.2, 0) is 29.8 Å². The number of amides is 1. The molecule has 5 atom stereocenters. The Morgan fingerprint density at radius 2 is 2.00 bits per heavy atom. The number of hydrogen-bond acceptors (Lipinski definition) is 6. The van der Waals surface area contributed by atoms with E-state index in [0.29, 0.717) is 25.3 Å². The molecular formula is C22H37FN6O3. The standard InChI is InChI=1S/C16H27FN2O2.C6H10N4O/c1-10-7-8-13(17)12-9-14(19-21-15(10)12)16(20)18-11-5-3-2-4-6-11;1-9-6(11)10-3-2-7-4-5(10)8-9/h10-15,19H,2-9H2,1H3,(H,18,20);7H,2-4H2,1H3. The van der Waals surface area contributed by atoms with E-state index in [0.717, 1.165) is 38.2 Å². The predicted molar refractivity (Wildman–Crippen MR) is 117 cm³/mol. The number of carbonyl (C=O) groups excluding carboxylic acids is 1. The van der Waals surface area contributed by atoms with Gasteiger partial charge in [-0.1, -0.05) is 26.2 Å². The maximum atomic E-state index is 14.1. The average Bonchev–Trinajstić information content (AvgIpc) is 3.11. The Hall–Kier alpha value is -1.78. The normalized spacial score (nSPS) is 32.8. The molecule has 5 unspecified atom stereocenters. The van der Waals surface area contributed by atoms with Crippen LogP contribution in [0.15, 0.2) is 4.79 Å². The predicted octanol–water partition coefficient (Wildman–Crippen LogP) is 1.17. The SMILES string of the molecule is CC1CCC(F)C2CC(C(=O)NC3CCCCC3)NOC12.Cn1nc2n(c1=O)CCNC2. The molecule has 2 saturated carbocycles. The summed E-state index contributed by atoms with van der Waals surface area (Å²) in [5.74, 6) is 1.03. The molecule has 32 heavy (non-hydrogen) atoms. The highest BCUT2D eigenvalue weighted by molar-refractivity contribution is 5.82. The second-order valence-corrected chi connectivity index (χ2v) is 9.72. The lowest BCUT2D eigenvalue weighted by Crippen LogP contribution is -2.58. The van der Waals surface area contributed by atoms with Gasteiger partial charge in [-0.15, -0.1) is 0 Å². The number of aromatic nitrogens is 3. The first-order valence-corrected chi connectivity index (χ1v) is 12.1. The van der Waals surface area contributed by atoms with Gasteiger partial charge in [-0.3, -0.25) is 14.2 Å². The molecule has 9 nitrogen and oxygen atoms in total. The van der Waals surface area contributed by atoms with E-state index in [2.05, 4.69) is 28.1 Å². The lowest BCUT2D eigenvalue weighted by molar-refractivity contribution is -0.172. The number of halogens is 1. The molecule has 2 aliphatic heterocycles. The first kappa shape index (κ1) is 23.4. The van der Waals surface area contributed by atoms with Gasteiger partial charge in [0.25, 0.3) is 0 Å². The van der Waals surface area contributed by atoms with Crippen LogP contribution in [0.5, 0.6) is 0 Å². The molecule has 0 spiro atoms. The molecule has 2 aliphatic carbocycles. The van der Waals surface area contributed by atoms with E-state index in [9.17, 15) is 14.0 Å². The van der Waals surface area contributed by atoms with Crippen LogP contribution in [-0.4, -0.2) is 51.2 Å². The highest BCUT2D eigenvalue weighted by atomic mass is 19.1. The van der Waals surface area contributed by atoms with Crippen molar-refractivity contribution >= 4 is 5.91 Å². The Labute approximate surface area is 188 Å². The number of rotatable bonds is 2. The van der Waals surface area contributed by atoms with Crippen molar-refractivity contribution in [3.63, 3.8) is 0 Å². The summed E-state index contributed by atoms with van der Waals surface area (Å²) in [6.45, 7) is 4.41. The third-order valence-electron chi connectivity index (χ3n) is 7.35. The molecule has 1 amide bonds. The Morgan fingerprint density at radius 1 is 1.22 bits per heavy atom. The van der Waals surface area contributed by atoms with Gasteiger partial charge in [0.1, 0.15) is 18.0 Å². The highest BCUT2D eigenvalue weighted by Gasteiger charge is 2.44. The number of hydrogen-bond donors (Lipinski definition) is 3. The van der Waals surface area contributed by atoms with Crippen molar-refractivity contribution in [3.05, 3.63) is 16.3 Å². The number of alkyl halides is 1. The van der Waals surface area contributed by atoms with Gasteiger partial charge < -0.3 is 10.6 Å². The third-order valence-corrected chi connectivity index (χ3v) is 7.35. The van der Waals surface area contributed by atoms with Crippen molar-refractivity contribution in [2.24, 2.45) is 18.9 Å². The number of aryl methyl sites for hydroxylation is 1. The van der Waals surface area contributed by atoms with Crippen LogP contribution in [0.4, 0.5) is 4.39 Å². The summed E-state index contributed by atoms with van der Waals surface area (Å²) in [5.41, 5.74) is 2.87. The van der Waals surface area contributed by atoms with Crippen LogP contribution < -0.4 is 21.8 Å². The van der Waals surface area contributed by atoms with Crippen LogP contribution in [0, 0.1) is 11.8 Å². The molecule has 3 N–H and O–H groups in total. The van der Waals surface area contributed by atoms with Crippen LogP contribution in [0.3, 0.4) is 0 Å². The van der Waals surface area contributed by atoms with E-state index < -0.39 is 12.2 Å². The zero-order valence-electron chi connectivity index (χ0n) is 19.2. The monoisotopic (exact) mass is 452 g/mol. The first-order chi connectivity index (χ1) is 15.4. The molecule has 1 saturated heterocycles. The molecule has 0 aromatic carbocycles. The maximum Gasteiger partial charge on any atom is 0.345 e. The molecule has 1 aromatic rings. The summed E-state index contributed by atoms with van der Waals surface area (Å²) in [5, 5.41) is 10.3. The molecule has 4 aliphatic rings. The lowest BCUT2D eigenvalue weighted by Gasteiger charge is -2.43. The van der Waals surface area contributed by atoms with E-state index >= 15 is 0 Å². The molecule has 3 fully saturated rings. The smallest absolute Gasteiger partial charge is 0.345 e. The minimum Gasteiger partial charge on any atom is -0.352 e. The number of fused-ring (bicyclic) bond motifs is 2. The van der Waals surface area contributed by atoms with Crippen molar-refractivity contribution in [1.82, 2.24) is 30.5 Å². The minimum absolute atomic E-state index is 0.0125. The van der Waals surface area contributed by atoms with Gasteiger partial charge in [0, 0.05) is 32.1 Å². The minimum atomic E-state index is -0.835. The summed E-state index contributed by atoms with van der Waals surface area (Å²) in [6, 6.07) is -0.117. The summed E-state index contributed by atoms with van der Waals surface area (Å²) in [6.07, 6.45) is 6.86. The zero-order valence-corrected chi connectivity index (χ0v) is 19.2. The van der Waals surface area contributed by atoms with Crippen molar-refractivity contribution in [2.45, 2.75) is 95.7 Å². The van der Waals surface area contributed by atoms with Crippen molar-refractivity contribution in [2.75, 3.05) is 6.54 Å². The molecule has 5 rings (SSSR count). The van der Waals surface area contributed by atoms with Crippen LogP contribution in [0.25, 0.3) is 0 Å². The molecule has 0 radical (unpaired) electrons. The maximum absolute atomic E-state index is 14.1.